The van der Waals surface area contributed by atoms with E-state index in [1.807, 2.05) is 27.7 Å². The average Bonchev–Trinajstić information content (AvgIpc) is 2.08. The first-order valence-corrected chi connectivity index (χ1v) is 4.47. The lowest BCUT2D eigenvalue weighted by Gasteiger charge is -1.84. The van der Waals surface area contributed by atoms with Gasteiger partial charge >= 0.3 is 0 Å². The van der Waals surface area contributed by atoms with Crippen LogP contribution in [0.25, 0.3) is 0 Å². The summed E-state index contributed by atoms with van der Waals surface area (Å²) in [6.45, 7) is 9.92. The first kappa shape index (κ1) is 16.5. The SMILES string of the molecule is CC.CC.CCCCCF. The molecule has 1 heteroatoms. The Morgan fingerprint density at radius 1 is 0.900 bits per heavy atom. The van der Waals surface area contributed by atoms with E-state index >= 15 is 0 Å². The monoisotopic (exact) mass is 150 g/mol. The molecule has 0 aromatic rings. The van der Waals surface area contributed by atoms with E-state index in [1.165, 1.54) is 0 Å². The molecular weight excluding hydrogens is 127 g/mol. The van der Waals surface area contributed by atoms with Gasteiger partial charge in [0.05, 0.1) is 6.67 Å². The van der Waals surface area contributed by atoms with Crippen molar-refractivity contribution >= 4 is 0 Å². The molecule has 0 aromatic carbocycles. The Bertz CT molecular complexity index is 16.7. The minimum Gasteiger partial charge on any atom is -0.251 e. The summed E-state index contributed by atoms with van der Waals surface area (Å²) in [5.41, 5.74) is 0. The van der Waals surface area contributed by atoms with Crippen LogP contribution in [0, 0.1) is 0 Å². The lowest BCUT2D eigenvalue weighted by molar-refractivity contribution is 0.460. The molecule has 0 rings (SSSR count). The van der Waals surface area contributed by atoms with Crippen molar-refractivity contribution in [2.45, 2.75) is 53.9 Å². The molecule has 10 heavy (non-hydrogen) atoms. The predicted octanol–water partition coefficient (Wildman–Crippen LogP) is 4.20. The summed E-state index contributed by atoms with van der Waals surface area (Å²) in [6, 6.07) is 0. The van der Waals surface area contributed by atoms with E-state index in [-0.39, 0.29) is 6.67 Å². The minimum atomic E-state index is -0.145. The van der Waals surface area contributed by atoms with Crippen LogP contribution < -0.4 is 0 Å². The lowest BCUT2D eigenvalue weighted by Crippen LogP contribution is -1.72. The summed E-state index contributed by atoms with van der Waals surface area (Å²) >= 11 is 0. The van der Waals surface area contributed by atoms with Gasteiger partial charge in [-0.3, -0.25) is 4.39 Å². The highest BCUT2D eigenvalue weighted by Crippen LogP contribution is 1.91. The van der Waals surface area contributed by atoms with Gasteiger partial charge in [0, 0.05) is 0 Å². The maximum Gasteiger partial charge on any atom is 0.0894 e. The lowest BCUT2D eigenvalue weighted by atomic mass is 10.3. The van der Waals surface area contributed by atoms with Gasteiger partial charge < -0.3 is 0 Å². The van der Waals surface area contributed by atoms with Crippen LogP contribution in [0.2, 0.25) is 0 Å². The van der Waals surface area contributed by atoms with Gasteiger partial charge in [-0.25, -0.2) is 0 Å². The molecule has 0 aliphatic rings. The van der Waals surface area contributed by atoms with Gasteiger partial charge in [-0.2, -0.15) is 0 Å². The van der Waals surface area contributed by atoms with Gasteiger partial charge in [0.25, 0.3) is 0 Å². The summed E-state index contributed by atoms with van der Waals surface area (Å²) in [7, 11) is 0. The van der Waals surface area contributed by atoms with E-state index in [1.54, 1.807) is 0 Å². The Balaban J connectivity index is -0.000000105. The molecule has 0 amide bonds. The highest BCUT2D eigenvalue weighted by Gasteiger charge is 1.78. The molecule has 0 saturated heterocycles. The van der Waals surface area contributed by atoms with Crippen molar-refractivity contribution in [3.8, 4) is 0 Å². The van der Waals surface area contributed by atoms with E-state index in [0.29, 0.717) is 0 Å². The van der Waals surface area contributed by atoms with Crippen molar-refractivity contribution in [1.29, 1.82) is 0 Å². The predicted molar refractivity (Wildman–Crippen MR) is 48.2 cm³/mol. The largest absolute Gasteiger partial charge is 0.251 e. The summed E-state index contributed by atoms with van der Waals surface area (Å²) < 4.78 is 11.2. The zero-order chi connectivity index (χ0) is 8.83. The molecule has 0 bridgehead atoms. The molecule has 0 heterocycles. The maximum absolute atomic E-state index is 11.2. The zero-order valence-electron chi connectivity index (χ0n) is 8.21. The molecule has 0 spiro atoms. The third-order valence-electron chi connectivity index (χ3n) is 0.737. The van der Waals surface area contributed by atoms with Crippen LogP contribution in [0.1, 0.15) is 53.9 Å². The van der Waals surface area contributed by atoms with Crippen molar-refractivity contribution in [2.75, 3.05) is 6.67 Å². The van der Waals surface area contributed by atoms with Crippen LogP contribution in [0.3, 0.4) is 0 Å². The van der Waals surface area contributed by atoms with Crippen molar-refractivity contribution in [3.63, 3.8) is 0 Å². The van der Waals surface area contributed by atoms with Crippen LogP contribution in [-0.4, -0.2) is 6.67 Å². The first-order valence-electron chi connectivity index (χ1n) is 4.47. The highest BCUT2D eigenvalue weighted by molar-refractivity contribution is 4.31. The molecule has 0 atom stereocenters. The van der Waals surface area contributed by atoms with E-state index in [9.17, 15) is 4.39 Å². The van der Waals surface area contributed by atoms with Gasteiger partial charge in [0.15, 0.2) is 0 Å². The number of halogens is 1. The molecule has 0 fully saturated rings. The molecule has 0 radical (unpaired) electrons. The van der Waals surface area contributed by atoms with Crippen molar-refractivity contribution < 1.29 is 4.39 Å². The van der Waals surface area contributed by atoms with Crippen molar-refractivity contribution in [1.82, 2.24) is 0 Å². The van der Waals surface area contributed by atoms with Crippen LogP contribution in [0.15, 0.2) is 0 Å². The molecule has 0 nitrogen and oxygen atoms in total. The Kier molecular flexibility index (Phi) is 60.0. The molecular formula is C9H23F. The molecule has 66 valence electrons. The average molecular weight is 150 g/mol. The molecule has 0 aliphatic heterocycles. The summed E-state index contributed by atoms with van der Waals surface area (Å²) in [5.74, 6) is 0. The number of hydrogen-bond donors (Lipinski definition) is 0. The van der Waals surface area contributed by atoms with Gasteiger partial charge in [0.2, 0.25) is 0 Å². The third kappa shape index (κ3) is 44.4. The van der Waals surface area contributed by atoms with Crippen molar-refractivity contribution in [3.05, 3.63) is 0 Å². The molecule has 0 N–H and O–H groups in total. The van der Waals surface area contributed by atoms with Crippen LogP contribution in [0.4, 0.5) is 4.39 Å². The van der Waals surface area contributed by atoms with Gasteiger partial charge in [0.1, 0.15) is 0 Å². The van der Waals surface area contributed by atoms with Crippen LogP contribution >= 0.6 is 0 Å². The second-order valence-corrected chi connectivity index (χ2v) is 1.40. The topological polar surface area (TPSA) is 0 Å². The van der Waals surface area contributed by atoms with Gasteiger partial charge in [-0.1, -0.05) is 47.5 Å². The summed E-state index contributed by atoms with van der Waals surface area (Å²) in [5, 5.41) is 0. The molecule has 0 aliphatic carbocycles. The Morgan fingerprint density at radius 3 is 1.40 bits per heavy atom. The minimum absolute atomic E-state index is 0.145. The number of rotatable bonds is 3. The van der Waals surface area contributed by atoms with Crippen LogP contribution in [-0.2, 0) is 0 Å². The third-order valence-corrected chi connectivity index (χ3v) is 0.737. The smallest absolute Gasteiger partial charge is 0.0894 e. The maximum atomic E-state index is 11.2. The van der Waals surface area contributed by atoms with E-state index in [4.69, 9.17) is 0 Å². The molecule has 0 unspecified atom stereocenters. The second kappa shape index (κ2) is 36.4. The second-order valence-electron chi connectivity index (χ2n) is 1.40. The Morgan fingerprint density at radius 2 is 1.30 bits per heavy atom. The van der Waals surface area contributed by atoms with E-state index in [2.05, 4.69) is 6.92 Å². The van der Waals surface area contributed by atoms with E-state index < -0.39 is 0 Å². The Hall–Kier alpha value is -0.0700. The fourth-order valence-corrected chi connectivity index (χ4v) is 0.344. The van der Waals surface area contributed by atoms with Crippen molar-refractivity contribution in [2.24, 2.45) is 0 Å². The number of alkyl halides is 1. The number of unbranched alkanes of at least 4 members (excludes halogenated alkanes) is 2. The van der Waals surface area contributed by atoms with Gasteiger partial charge in [-0.15, -0.1) is 0 Å². The zero-order valence-corrected chi connectivity index (χ0v) is 8.21. The highest BCUT2D eigenvalue weighted by atomic mass is 19.1. The fraction of sp³-hybridized carbons (Fsp3) is 1.00. The fourth-order valence-electron chi connectivity index (χ4n) is 0.344. The Labute approximate surface area is 65.8 Å². The van der Waals surface area contributed by atoms with E-state index in [0.717, 1.165) is 19.3 Å². The standard InChI is InChI=1S/C5H11F.2C2H6/c1-2-3-4-5-6;2*1-2/h2-5H2,1H3;2*1-2H3. The summed E-state index contributed by atoms with van der Waals surface area (Å²) in [6.07, 6.45) is 2.90. The molecule has 0 saturated carbocycles. The first-order chi connectivity index (χ1) is 4.91. The van der Waals surface area contributed by atoms with Crippen LogP contribution in [0.5, 0.6) is 0 Å². The molecule has 0 aromatic heterocycles. The summed E-state index contributed by atoms with van der Waals surface area (Å²) in [4.78, 5) is 0. The quantitative estimate of drug-likeness (QED) is 0.529. The number of hydrogen-bond acceptors (Lipinski definition) is 0. The normalized spacial score (nSPS) is 6.60. The van der Waals surface area contributed by atoms with Gasteiger partial charge in [-0.05, 0) is 6.42 Å².